The third-order valence-electron chi connectivity index (χ3n) is 0.756. The molecule has 0 saturated heterocycles. The van der Waals surface area contributed by atoms with E-state index >= 15 is 0 Å². The molecule has 0 aliphatic rings. The molecular weight excluding hydrogens is 173 g/mol. The third-order valence-corrected chi connectivity index (χ3v) is 1.33. The van der Waals surface area contributed by atoms with Crippen molar-refractivity contribution in [3.8, 4) is 0 Å². The maximum Gasteiger partial charge on any atom is 0.471 e. The maximum absolute atomic E-state index is 10.2. The van der Waals surface area contributed by atoms with Crippen molar-refractivity contribution in [1.82, 2.24) is 0 Å². The van der Waals surface area contributed by atoms with E-state index in [1.165, 1.54) is 6.92 Å². The van der Waals surface area contributed by atoms with Crippen LogP contribution in [-0.4, -0.2) is 29.2 Å². The Balaban J connectivity index is 3.52. The minimum Gasteiger partial charge on any atom is -0.351 e. The third kappa shape index (κ3) is 7.93. The lowest BCUT2D eigenvalue weighted by molar-refractivity contribution is -0.0764. The minimum absolute atomic E-state index is 0.209. The summed E-state index contributed by atoms with van der Waals surface area (Å²) in [7, 11) is -4.43. The highest BCUT2D eigenvalue weighted by Crippen LogP contribution is 2.37. The first-order chi connectivity index (χ1) is 4.95. The van der Waals surface area contributed by atoms with Crippen LogP contribution in [0.15, 0.2) is 0 Å². The molecule has 0 radical (unpaired) electrons. The lowest BCUT2D eigenvalue weighted by atomic mass is 10.7. The van der Waals surface area contributed by atoms with E-state index in [1.807, 2.05) is 0 Å². The van der Waals surface area contributed by atoms with Crippen LogP contribution in [0.2, 0.25) is 0 Å². The molecule has 0 heterocycles. The summed E-state index contributed by atoms with van der Waals surface area (Å²) in [6.07, 6.45) is -0.931. The van der Waals surface area contributed by atoms with Crippen LogP contribution in [0.5, 0.6) is 0 Å². The predicted molar refractivity (Wildman–Crippen MR) is 37.6 cm³/mol. The Morgan fingerprint density at radius 2 is 2.18 bits per heavy atom. The zero-order valence-electron chi connectivity index (χ0n) is 6.14. The van der Waals surface area contributed by atoms with Crippen LogP contribution < -0.4 is 5.73 Å². The summed E-state index contributed by atoms with van der Waals surface area (Å²) in [5.41, 5.74) is 5.07. The number of hydrogen-bond acceptors (Lipinski definition) is 4. The van der Waals surface area contributed by atoms with E-state index in [9.17, 15) is 4.57 Å². The van der Waals surface area contributed by atoms with Gasteiger partial charge in [0, 0.05) is 6.54 Å². The number of nitrogens with two attached hydrogens (primary N) is 1. The van der Waals surface area contributed by atoms with Crippen LogP contribution in [0.25, 0.3) is 0 Å². The lowest BCUT2D eigenvalue weighted by Crippen LogP contribution is -2.17. The first-order valence-electron chi connectivity index (χ1n) is 3.01. The fourth-order valence-corrected chi connectivity index (χ4v) is 0.905. The molecule has 0 rings (SSSR count). The number of ether oxygens (including phenoxy) is 1. The Bertz CT molecular complexity index is 145. The van der Waals surface area contributed by atoms with Gasteiger partial charge in [0.15, 0.2) is 6.29 Å². The summed E-state index contributed by atoms with van der Waals surface area (Å²) in [5.74, 6) is 0. The molecule has 6 nitrogen and oxygen atoms in total. The second-order valence-corrected chi connectivity index (χ2v) is 3.02. The largest absolute Gasteiger partial charge is 0.471 e. The number of rotatable bonds is 5. The van der Waals surface area contributed by atoms with Crippen molar-refractivity contribution in [2.75, 3.05) is 13.2 Å². The maximum atomic E-state index is 10.2. The molecule has 0 aromatic rings. The van der Waals surface area contributed by atoms with Gasteiger partial charge in [-0.05, 0) is 6.92 Å². The molecule has 68 valence electrons. The second-order valence-electron chi connectivity index (χ2n) is 1.82. The second kappa shape index (κ2) is 4.82. The van der Waals surface area contributed by atoms with Crippen LogP contribution in [0, 0.1) is 0 Å². The SMILES string of the molecule is CC(OCCN)OP(=O)(O)O. The van der Waals surface area contributed by atoms with E-state index in [4.69, 9.17) is 20.3 Å². The minimum atomic E-state index is -4.43. The van der Waals surface area contributed by atoms with Gasteiger partial charge in [0.2, 0.25) is 0 Å². The standard InChI is InChI=1S/C4H12NO5P/c1-4(9-3-2-5)10-11(6,7)8/h4H,2-3,5H2,1H3,(H2,6,7,8). The molecular formula is C4H12NO5P. The molecule has 0 aliphatic carbocycles. The van der Waals surface area contributed by atoms with Crippen LogP contribution in [0.4, 0.5) is 0 Å². The number of phosphoric acid groups is 1. The highest BCUT2D eigenvalue weighted by atomic mass is 31.2. The zero-order valence-corrected chi connectivity index (χ0v) is 7.03. The zero-order chi connectivity index (χ0) is 8.91. The van der Waals surface area contributed by atoms with Gasteiger partial charge >= 0.3 is 7.82 Å². The molecule has 0 aromatic heterocycles. The molecule has 11 heavy (non-hydrogen) atoms. The monoisotopic (exact) mass is 185 g/mol. The molecule has 0 spiro atoms. The molecule has 0 aliphatic heterocycles. The summed E-state index contributed by atoms with van der Waals surface area (Å²) in [4.78, 5) is 16.5. The molecule has 0 saturated carbocycles. The predicted octanol–water partition coefficient (Wildman–Crippen LogP) is -0.583. The molecule has 0 amide bonds. The van der Waals surface area contributed by atoms with E-state index in [0.717, 1.165) is 0 Å². The van der Waals surface area contributed by atoms with Gasteiger partial charge in [0.1, 0.15) is 0 Å². The fraction of sp³-hybridized carbons (Fsp3) is 1.00. The summed E-state index contributed by atoms with van der Waals surface area (Å²) in [6, 6.07) is 0. The van der Waals surface area contributed by atoms with Crippen molar-refractivity contribution >= 4 is 7.82 Å². The normalized spacial score (nSPS) is 14.9. The lowest BCUT2D eigenvalue weighted by Gasteiger charge is -2.13. The van der Waals surface area contributed by atoms with Gasteiger partial charge in [-0.25, -0.2) is 4.57 Å². The first-order valence-corrected chi connectivity index (χ1v) is 4.54. The van der Waals surface area contributed by atoms with E-state index in [1.54, 1.807) is 0 Å². The van der Waals surface area contributed by atoms with Crippen LogP contribution in [0.1, 0.15) is 6.92 Å². The quantitative estimate of drug-likeness (QED) is 0.391. The average molecular weight is 185 g/mol. The van der Waals surface area contributed by atoms with Crippen LogP contribution >= 0.6 is 7.82 Å². The highest BCUT2D eigenvalue weighted by Gasteiger charge is 2.18. The van der Waals surface area contributed by atoms with Crippen molar-refractivity contribution in [2.24, 2.45) is 5.73 Å². The molecule has 7 heteroatoms. The summed E-state index contributed by atoms with van der Waals surface area (Å²) >= 11 is 0. The average Bonchev–Trinajstić information content (AvgIpc) is 1.79. The van der Waals surface area contributed by atoms with Crippen molar-refractivity contribution in [3.63, 3.8) is 0 Å². The highest BCUT2D eigenvalue weighted by molar-refractivity contribution is 7.46. The summed E-state index contributed by atoms with van der Waals surface area (Å²) in [6.45, 7) is 1.88. The van der Waals surface area contributed by atoms with E-state index in [0.29, 0.717) is 0 Å². The Hall–Kier alpha value is 0.0300. The van der Waals surface area contributed by atoms with Gasteiger partial charge in [-0.2, -0.15) is 0 Å². The molecule has 0 aromatic carbocycles. The molecule has 4 N–H and O–H groups in total. The molecule has 0 bridgehead atoms. The Morgan fingerprint density at radius 1 is 1.64 bits per heavy atom. The van der Waals surface area contributed by atoms with Crippen LogP contribution in [0.3, 0.4) is 0 Å². The van der Waals surface area contributed by atoms with Gasteiger partial charge in [-0.15, -0.1) is 0 Å². The number of phosphoric ester groups is 1. The van der Waals surface area contributed by atoms with Crippen molar-refractivity contribution in [3.05, 3.63) is 0 Å². The van der Waals surface area contributed by atoms with Gasteiger partial charge in [-0.3, -0.25) is 4.52 Å². The van der Waals surface area contributed by atoms with E-state index in [-0.39, 0.29) is 13.2 Å². The Morgan fingerprint density at radius 3 is 2.55 bits per heavy atom. The fourth-order valence-electron chi connectivity index (χ4n) is 0.458. The first kappa shape index (κ1) is 11.0. The Kier molecular flexibility index (Phi) is 4.83. The molecule has 1 unspecified atom stereocenters. The van der Waals surface area contributed by atoms with Gasteiger partial charge < -0.3 is 20.3 Å². The van der Waals surface area contributed by atoms with Gasteiger partial charge in [0.05, 0.1) is 6.61 Å². The van der Waals surface area contributed by atoms with E-state index in [2.05, 4.69) is 4.52 Å². The number of hydrogen-bond donors (Lipinski definition) is 3. The summed E-state index contributed by atoms with van der Waals surface area (Å²) in [5, 5.41) is 0. The smallest absolute Gasteiger partial charge is 0.351 e. The van der Waals surface area contributed by atoms with Gasteiger partial charge in [-0.1, -0.05) is 0 Å². The van der Waals surface area contributed by atoms with Crippen molar-refractivity contribution < 1.29 is 23.6 Å². The Labute approximate surface area is 64.5 Å². The summed E-state index contributed by atoms with van der Waals surface area (Å²) < 4.78 is 19.0. The topological polar surface area (TPSA) is 102 Å². The van der Waals surface area contributed by atoms with Crippen molar-refractivity contribution in [2.45, 2.75) is 13.2 Å². The van der Waals surface area contributed by atoms with Crippen LogP contribution in [-0.2, 0) is 13.8 Å². The van der Waals surface area contributed by atoms with Gasteiger partial charge in [0.25, 0.3) is 0 Å². The molecule has 1 atom stereocenters. The van der Waals surface area contributed by atoms with Crippen molar-refractivity contribution in [1.29, 1.82) is 0 Å². The molecule has 0 fully saturated rings. The van der Waals surface area contributed by atoms with E-state index < -0.39 is 14.1 Å².